The number of allylic oxidation sites excluding steroid dienone is 2. The van der Waals surface area contributed by atoms with Crippen LogP contribution in [0.1, 0.15) is 6.42 Å². The molecule has 2 radical (unpaired) electrons. The Bertz CT molecular complexity index is 268. The first-order chi connectivity index (χ1) is 5.68. The minimum atomic E-state index is -0.506. The van der Waals surface area contributed by atoms with Crippen molar-refractivity contribution in [2.45, 2.75) is 18.3 Å². The van der Waals surface area contributed by atoms with E-state index in [0.717, 1.165) is 6.29 Å². The minimum Gasteiger partial charge on any atom is -0.347 e. The Balaban J connectivity index is 2.16. The van der Waals surface area contributed by atoms with Gasteiger partial charge in [0.15, 0.2) is 0 Å². The smallest absolute Gasteiger partial charge is 0.216 e. The van der Waals surface area contributed by atoms with E-state index in [4.69, 9.17) is 7.85 Å². The molecule has 1 heterocycles. The van der Waals surface area contributed by atoms with Crippen LogP contribution in [0.4, 0.5) is 0 Å². The number of carbonyl (C=O) groups is 2. The molecular weight excluding hydrogens is 153 g/mol. The summed E-state index contributed by atoms with van der Waals surface area (Å²) in [5.41, 5.74) is -0.284. The van der Waals surface area contributed by atoms with Crippen molar-refractivity contribution in [1.29, 1.82) is 0 Å². The Morgan fingerprint density at radius 1 is 1.67 bits per heavy atom. The van der Waals surface area contributed by atoms with Crippen LogP contribution in [0, 0.1) is 5.41 Å². The van der Waals surface area contributed by atoms with E-state index in [1.54, 1.807) is 0 Å². The van der Waals surface area contributed by atoms with Crippen molar-refractivity contribution in [3.63, 3.8) is 0 Å². The highest BCUT2D eigenvalue weighted by Gasteiger charge is 2.48. The van der Waals surface area contributed by atoms with Gasteiger partial charge in [-0.25, -0.2) is 0 Å². The molecule has 1 amide bonds. The lowest BCUT2D eigenvalue weighted by molar-refractivity contribution is -0.127. The Morgan fingerprint density at radius 2 is 2.33 bits per heavy atom. The minimum absolute atomic E-state index is 0.233. The largest absolute Gasteiger partial charge is 0.347 e. The van der Waals surface area contributed by atoms with Gasteiger partial charge in [0, 0.05) is 11.2 Å². The van der Waals surface area contributed by atoms with Gasteiger partial charge < -0.3 is 10.1 Å². The standard InChI is InChI=1S/C8H8BNO2/c9-6-7(12)10-5(4-11)3-8(6)1-2-8/h1-2,4-6H,3H2,(H,10,12)/t5-,6+/m0/s1. The van der Waals surface area contributed by atoms with Gasteiger partial charge in [-0.05, 0) is 6.42 Å². The van der Waals surface area contributed by atoms with Crippen molar-refractivity contribution in [2.75, 3.05) is 0 Å². The molecule has 1 spiro atoms. The van der Waals surface area contributed by atoms with Crippen molar-refractivity contribution in [2.24, 2.45) is 5.41 Å². The van der Waals surface area contributed by atoms with Gasteiger partial charge in [-0.3, -0.25) is 4.79 Å². The predicted octanol–water partition coefficient (Wildman–Crippen LogP) is -0.413. The molecule has 60 valence electrons. The van der Waals surface area contributed by atoms with E-state index in [9.17, 15) is 9.59 Å². The van der Waals surface area contributed by atoms with Gasteiger partial charge in [-0.1, -0.05) is 12.2 Å². The summed E-state index contributed by atoms with van der Waals surface area (Å²) in [6, 6.07) is -0.368. The lowest BCUT2D eigenvalue weighted by Crippen LogP contribution is -2.48. The summed E-state index contributed by atoms with van der Waals surface area (Å²) in [5, 5.41) is 2.54. The maximum absolute atomic E-state index is 11.2. The molecule has 2 rings (SSSR count). The van der Waals surface area contributed by atoms with Crippen LogP contribution in [0.5, 0.6) is 0 Å². The molecule has 12 heavy (non-hydrogen) atoms. The molecule has 4 heteroatoms. The molecule has 2 atom stereocenters. The zero-order valence-corrected chi connectivity index (χ0v) is 6.49. The van der Waals surface area contributed by atoms with Crippen LogP contribution in [0.3, 0.4) is 0 Å². The zero-order chi connectivity index (χ0) is 8.77. The van der Waals surface area contributed by atoms with Crippen molar-refractivity contribution in [3.8, 4) is 0 Å². The van der Waals surface area contributed by atoms with Crippen molar-refractivity contribution in [1.82, 2.24) is 5.32 Å². The van der Waals surface area contributed by atoms with Gasteiger partial charge in [0.1, 0.15) is 6.29 Å². The van der Waals surface area contributed by atoms with Crippen molar-refractivity contribution < 1.29 is 9.59 Å². The normalized spacial score (nSPS) is 36.2. The number of piperidine rings is 1. The lowest BCUT2D eigenvalue weighted by atomic mass is 9.67. The van der Waals surface area contributed by atoms with E-state index in [1.807, 2.05) is 12.2 Å². The second kappa shape index (κ2) is 2.22. The molecule has 1 fully saturated rings. The third kappa shape index (κ3) is 0.907. The quantitative estimate of drug-likeness (QED) is 0.322. The Morgan fingerprint density at radius 3 is 2.83 bits per heavy atom. The fraction of sp³-hybridized carbons (Fsp3) is 0.500. The van der Waals surface area contributed by atoms with E-state index in [1.165, 1.54) is 0 Å². The second-order valence-electron chi connectivity index (χ2n) is 3.38. The number of hydrogen-bond acceptors (Lipinski definition) is 2. The number of rotatable bonds is 1. The van der Waals surface area contributed by atoms with E-state index >= 15 is 0 Å². The number of aldehydes is 1. The number of hydrogen-bond donors (Lipinski definition) is 1. The van der Waals surface area contributed by atoms with Crippen LogP contribution < -0.4 is 5.32 Å². The summed E-state index contributed by atoms with van der Waals surface area (Å²) in [6.07, 6.45) is 5.16. The maximum Gasteiger partial charge on any atom is 0.216 e. The molecule has 0 bridgehead atoms. The summed E-state index contributed by atoms with van der Waals surface area (Å²) in [7, 11) is 5.64. The molecule has 1 aliphatic carbocycles. The van der Waals surface area contributed by atoms with E-state index in [-0.39, 0.29) is 17.4 Å². The highest BCUT2D eigenvalue weighted by Crippen LogP contribution is 2.50. The highest BCUT2D eigenvalue weighted by molar-refractivity contribution is 6.25. The topological polar surface area (TPSA) is 46.2 Å². The third-order valence-electron chi connectivity index (χ3n) is 2.52. The lowest BCUT2D eigenvalue weighted by Gasteiger charge is -2.32. The first-order valence-corrected chi connectivity index (χ1v) is 3.90. The van der Waals surface area contributed by atoms with Gasteiger partial charge in [-0.15, -0.1) is 0 Å². The fourth-order valence-electron chi connectivity index (χ4n) is 1.61. The first-order valence-electron chi connectivity index (χ1n) is 3.90. The summed E-state index contributed by atoms with van der Waals surface area (Å²) < 4.78 is 0. The van der Waals surface area contributed by atoms with Gasteiger partial charge in [0.05, 0.1) is 13.9 Å². The second-order valence-corrected chi connectivity index (χ2v) is 3.38. The van der Waals surface area contributed by atoms with Crippen LogP contribution in [-0.4, -0.2) is 26.1 Å². The molecule has 0 unspecified atom stereocenters. The number of nitrogens with one attached hydrogen (secondary N) is 1. The molecule has 1 aliphatic heterocycles. The molecule has 2 aliphatic rings. The zero-order valence-electron chi connectivity index (χ0n) is 6.49. The average molecular weight is 161 g/mol. The van der Waals surface area contributed by atoms with E-state index < -0.39 is 5.82 Å². The third-order valence-corrected chi connectivity index (χ3v) is 2.52. The molecule has 0 saturated carbocycles. The van der Waals surface area contributed by atoms with E-state index in [0.29, 0.717) is 6.42 Å². The molecule has 1 N–H and O–H groups in total. The molecule has 3 nitrogen and oxygen atoms in total. The molecule has 0 aromatic carbocycles. The Labute approximate surface area is 71.6 Å². The van der Waals surface area contributed by atoms with Gasteiger partial charge >= 0.3 is 0 Å². The van der Waals surface area contributed by atoms with E-state index in [2.05, 4.69) is 5.32 Å². The summed E-state index contributed by atoms with van der Waals surface area (Å²) in [4.78, 5) is 21.6. The number of carbonyl (C=O) groups excluding carboxylic acids is 2. The van der Waals surface area contributed by atoms with Crippen LogP contribution in [-0.2, 0) is 9.59 Å². The Kier molecular flexibility index (Phi) is 1.40. The molecule has 1 saturated heterocycles. The van der Waals surface area contributed by atoms with Crippen LogP contribution in [0.2, 0.25) is 5.82 Å². The van der Waals surface area contributed by atoms with Crippen LogP contribution >= 0.6 is 0 Å². The first kappa shape index (κ1) is 7.59. The SMILES string of the molecule is [B][C@@H]1C(=O)N[C@H](C=O)CC12C=C2. The predicted molar refractivity (Wildman–Crippen MR) is 43.7 cm³/mol. The van der Waals surface area contributed by atoms with Crippen molar-refractivity contribution >= 4 is 20.0 Å². The maximum atomic E-state index is 11.2. The van der Waals surface area contributed by atoms with Crippen LogP contribution in [0.15, 0.2) is 12.2 Å². The van der Waals surface area contributed by atoms with Gasteiger partial charge in [0.25, 0.3) is 0 Å². The summed E-state index contributed by atoms with van der Waals surface area (Å²) >= 11 is 0. The molecule has 0 aromatic rings. The van der Waals surface area contributed by atoms with Crippen molar-refractivity contribution in [3.05, 3.63) is 12.2 Å². The fourth-order valence-corrected chi connectivity index (χ4v) is 1.61. The summed E-state index contributed by atoms with van der Waals surface area (Å²) in [5.74, 6) is -0.739. The summed E-state index contributed by atoms with van der Waals surface area (Å²) in [6.45, 7) is 0. The van der Waals surface area contributed by atoms with Gasteiger partial charge in [-0.2, -0.15) is 0 Å². The Hall–Kier alpha value is -1.06. The van der Waals surface area contributed by atoms with Crippen LogP contribution in [0.25, 0.3) is 0 Å². The number of amides is 1. The van der Waals surface area contributed by atoms with Gasteiger partial charge in [0.2, 0.25) is 5.91 Å². The molecular formula is C8H8BNO2. The molecule has 0 aromatic heterocycles. The monoisotopic (exact) mass is 161 g/mol. The average Bonchev–Trinajstić information content (AvgIpc) is 2.81. The highest BCUT2D eigenvalue weighted by atomic mass is 16.2.